The van der Waals surface area contributed by atoms with Gasteiger partial charge >= 0.3 is 0 Å². The third kappa shape index (κ3) is 2.28. The Morgan fingerprint density at radius 1 is 1.70 bits per heavy atom. The summed E-state index contributed by atoms with van der Waals surface area (Å²) in [6.45, 7) is 1.93. The van der Waals surface area contributed by atoms with Crippen LogP contribution in [0.4, 0.5) is 0 Å². The van der Waals surface area contributed by atoms with Gasteiger partial charge in [-0.1, -0.05) is 0 Å². The number of halogens is 1. The summed E-state index contributed by atoms with van der Waals surface area (Å²) in [4.78, 5) is 0. The molecule has 1 aliphatic heterocycles. The molecule has 3 nitrogen and oxygen atoms in total. The molecule has 0 aromatic carbocycles. The molecule has 56 valence electrons. The zero-order valence-electron chi connectivity index (χ0n) is 5.56. The van der Waals surface area contributed by atoms with Gasteiger partial charge in [-0.2, -0.15) is 0 Å². The van der Waals surface area contributed by atoms with E-state index in [0.29, 0.717) is 0 Å². The maximum absolute atomic E-state index is 9.09. The van der Waals surface area contributed by atoms with Gasteiger partial charge in [-0.3, -0.25) is 0 Å². The van der Waals surface area contributed by atoms with Crippen LogP contribution in [0.1, 0.15) is 6.92 Å². The molecule has 0 spiro atoms. The van der Waals surface area contributed by atoms with Crippen LogP contribution in [0.2, 0.25) is 0 Å². The van der Waals surface area contributed by atoms with Crippen LogP contribution in [0.25, 0.3) is 0 Å². The summed E-state index contributed by atoms with van der Waals surface area (Å²) in [5, 5.41) is 9.09. The van der Waals surface area contributed by atoms with E-state index in [1.807, 2.05) is 13.0 Å². The fourth-order valence-electron chi connectivity index (χ4n) is 0.671. The molecule has 1 rings (SSSR count). The van der Waals surface area contributed by atoms with Gasteiger partial charge in [0.15, 0.2) is 0 Å². The summed E-state index contributed by atoms with van der Waals surface area (Å²) in [5.41, 5.74) is 6.51. The Bertz CT molecular complexity index is 188. The minimum atomic E-state index is -0.597. The van der Waals surface area contributed by atoms with E-state index >= 15 is 0 Å². The number of hydrazine groups is 1. The lowest BCUT2D eigenvalue weighted by atomic mass is 10.4. The predicted molar refractivity (Wildman–Crippen MR) is 48.1 cm³/mol. The molecule has 1 heterocycles. The van der Waals surface area contributed by atoms with Gasteiger partial charge < -0.3 is 10.5 Å². The maximum atomic E-state index is 9.09. The van der Waals surface area contributed by atoms with E-state index in [-0.39, 0.29) is 0 Å². The predicted octanol–water partition coefficient (Wildman–Crippen LogP) is 0.635. The second-order valence-electron chi connectivity index (χ2n) is 2.09. The molecule has 3 N–H and O–H groups in total. The van der Waals surface area contributed by atoms with Crippen molar-refractivity contribution in [2.45, 2.75) is 13.2 Å². The van der Waals surface area contributed by atoms with Crippen molar-refractivity contribution in [2.24, 2.45) is 0 Å². The highest BCUT2D eigenvalue weighted by Crippen LogP contribution is 2.11. The van der Waals surface area contributed by atoms with Crippen LogP contribution < -0.4 is 10.9 Å². The molecule has 1 unspecified atom stereocenters. The molecule has 0 aromatic rings. The average Bonchev–Trinajstić information content (AvgIpc) is 1.93. The number of allylic oxidation sites excluding steroid dienone is 3. The lowest BCUT2D eigenvalue weighted by Gasteiger charge is -2.07. The van der Waals surface area contributed by atoms with Crippen molar-refractivity contribution in [2.75, 3.05) is 0 Å². The molecular formula is C6H9IN2O. The molecule has 0 amide bonds. The van der Waals surface area contributed by atoms with Crippen molar-refractivity contribution in [3.05, 3.63) is 21.4 Å². The van der Waals surface area contributed by atoms with Crippen molar-refractivity contribution < 1.29 is 5.11 Å². The Kier molecular flexibility index (Phi) is 2.70. The lowest BCUT2D eigenvalue weighted by molar-refractivity contribution is 0.172. The molecule has 10 heavy (non-hydrogen) atoms. The molecule has 0 fully saturated rings. The summed E-state index contributed by atoms with van der Waals surface area (Å²) in [6, 6.07) is 0. The maximum Gasteiger partial charge on any atom is 0.141 e. The minimum Gasteiger partial charge on any atom is -0.373 e. The van der Waals surface area contributed by atoms with Crippen LogP contribution in [0.15, 0.2) is 21.4 Å². The summed E-state index contributed by atoms with van der Waals surface area (Å²) < 4.78 is 1.03. The fourth-order valence-corrected chi connectivity index (χ4v) is 1.48. The van der Waals surface area contributed by atoms with Crippen LogP contribution in [-0.4, -0.2) is 11.3 Å². The van der Waals surface area contributed by atoms with E-state index in [1.165, 1.54) is 0 Å². The van der Waals surface area contributed by atoms with Gasteiger partial charge in [0.05, 0.1) is 0 Å². The van der Waals surface area contributed by atoms with Crippen molar-refractivity contribution >= 4 is 22.6 Å². The second-order valence-corrected chi connectivity index (χ2v) is 3.34. The summed E-state index contributed by atoms with van der Waals surface area (Å²) in [6.07, 6.45) is 3.08. The Labute approximate surface area is 73.3 Å². The number of aliphatic hydroxyl groups excluding tert-OH is 1. The van der Waals surface area contributed by atoms with Crippen molar-refractivity contribution in [3.8, 4) is 0 Å². The zero-order valence-corrected chi connectivity index (χ0v) is 7.71. The standard InChI is InChI=1S/C6H9IN2O/c1-4-2-5(7)3-6(10)9-8-4/h2-3,6,8-10H,1H3. The number of hydrogen-bond acceptors (Lipinski definition) is 3. The van der Waals surface area contributed by atoms with E-state index in [9.17, 15) is 0 Å². The average molecular weight is 252 g/mol. The molecule has 4 heteroatoms. The van der Waals surface area contributed by atoms with Gasteiger partial charge in [-0.25, -0.2) is 5.43 Å². The first-order chi connectivity index (χ1) is 4.68. The van der Waals surface area contributed by atoms with E-state index in [0.717, 1.165) is 9.28 Å². The smallest absolute Gasteiger partial charge is 0.141 e. The Morgan fingerprint density at radius 2 is 2.40 bits per heavy atom. The van der Waals surface area contributed by atoms with E-state index < -0.39 is 6.23 Å². The fraction of sp³-hybridized carbons (Fsp3) is 0.333. The molecule has 0 bridgehead atoms. The highest BCUT2D eigenvalue weighted by Gasteiger charge is 2.02. The third-order valence-corrected chi connectivity index (χ3v) is 1.76. The molecule has 1 aliphatic rings. The van der Waals surface area contributed by atoms with E-state index in [1.54, 1.807) is 6.08 Å². The monoisotopic (exact) mass is 252 g/mol. The molecule has 0 radical (unpaired) electrons. The first-order valence-corrected chi connectivity index (χ1v) is 4.01. The summed E-state index contributed by atoms with van der Waals surface area (Å²) in [7, 11) is 0. The molecule has 0 saturated heterocycles. The number of nitrogens with one attached hydrogen (secondary N) is 2. The number of hydrogen-bond donors (Lipinski definition) is 3. The lowest BCUT2D eigenvalue weighted by Crippen LogP contribution is -2.37. The van der Waals surface area contributed by atoms with Gasteiger partial charge in [0.2, 0.25) is 0 Å². The van der Waals surface area contributed by atoms with E-state index in [2.05, 4.69) is 33.4 Å². The van der Waals surface area contributed by atoms with Crippen LogP contribution in [0.5, 0.6) is 0 Å². The minimum absolute atomic E-state index is 0.597. The Hall–Kier alpha value is -0.0700. The molecule has 0 saturated carbocycles. The van der Waals surface area contributed by atoms with Gasteiger partial charge in [0.1, 0.15) is 6.23 Å². The highest BCUT2D eigenvalue weighted by atomic mass is 127. The first kappa shape index (κ1) is 8.03. The largest absolute Gasteiger partial charge is 0.373 e. The number of rotatable bonds is 0. The Morgan fingerprint density at radius 3 is 3.10 bits per heavy atom. The van der Waals surface area contributed by atoms with Crippen LogP contribution in [0, 0.1) is 0 Å². The highest BCUT2D eigenvalue weighted by molar-refractivity contribution is 14.1. The first-order valence-electron chi connectivity index (χ1n) is 2.94. The van der Waals surface area contributed by atoms with E-state index in [4.69, 9.17) is 5.11 Å². The molecule has 1 atom stereocenters. The topological polar surface area (TPSA) is 44.3 Å². The van der Waals surface area contributed by atoms with Crippen LogP contribution in [0.3, 0.4) is 0 Å². The van der Waals surface area contributed by atoms with Crippen LogP contribution >= 0.6 is 22.6 Å². The molecule has 0 aliphatic carbocycles. The molecular weight excluding hydrogens is 243 g/mol. The second kappa shape index (κ2) is 3.36. The normalized spacial score (nSPS) is 26.1. The van der Waals surface area contributed by atoms with Gasteiger partial charge in [0, 0.05) is 9.28 Å². The SMILES string of the molecule is CC1=CC(I)=CC(O)NN1. The van der Waals surface area contributed by atoms with Crippen LogP contribution in [-0.2, 0) is 0 Å². The van der Waals surface area contributed by atoms with Crippen molar-refractivity contribution in [1.29, 1.82) is 0 Å². The summed E-state index contributed by atoms with van der Waals surface area (Å²) in [5.74, 6) is 0. The summed E-state index contributed by atoms with van der Waals surface area (Å²) >= 11 is 2.16. The Balaban J connectivity index is 2.72. The van der Waals surface area contributed by atoms with Gasteiger partial charge in [-0.15, -0.1) is 0 Å². The van der Waals surface area contributed by atoms with Gasteiger partial charge in [-0.05, 0) is 41.7 Å². The zero-order chi connectivity index (χ0) is 7.56. The van der Waals surface area contributed by atoms with Crippen molar-refractivity contribution in [3.63, 3.8) is 0 Å². The molecule has 0 aromatic heterocycles. The van der Waals surface area contributed by atoms with Crippen molar-refractivity contribution in [1.82, 2.24) is 10.9 Å². The van der Waals surface area contributed by atoms with Gasteiger partial charge in [0.25, 0.3) is 0 Å². The number of aliphatic hydroxyl groups is 1. The third-order valence-electron chi connectivity index (χ3n) is 1.09. The quantitative estimate of drug-likeness (QED) is 0.554.